The van der Waals surface area contributed by atoms with Gasteiger partial charge < -0.3 is 10.4 Å². The molecular weight excluding hydrogens is 531 g/mol. The summed E-state index contributed by atoms with van der Waals surface area (Å²) < 4.78 is 87.6. The normalized spacial score (nSPS) is 13.2. The fraction of sp³-hybridized carbons (Fsp3) is 0.409. The van der Waals surface area contributed by atoms with Crippen molar-refractivity contribution in [3.05, 3.63) is 46.0 Å². The zero-order valence-corrected chi connectivity index (χ0v) is 22.1. The van der Waals surface area contributed by atoms with Crippen molar-refractivity contribution in [1.82, 2.24) is 0 Å². The third-order valence-electron chi connectivity index (χ3n) is 5.28. The standard InChI is InChI=1S/C22H25ClF3NO6S2/c1-11(2)34(30,31)17-10-14(21(4,5)6)19(28)18(12(17)3)20(29)27-16-8-7-13(9-15(16)23)35(32,33)22(24,25)26/h7-11,28H,1-6H3,(H,27,29). The highest BCUT2D eigenvalue weighted by atomic mass is 35.5. The van der Waals surface area contributed by atoms with E-state index in [0.29, 0.717) is 12.1 Å². The molecule has 0 spiro atoms. The van der Waals surface area contributed by atoms with Crippen LogP contribution in [-0.2, 0) is 25.1 Å². The summed E-state index contributed by atoms with van der Waals surface area (Å²) in [6, 6.07) is 3.34. The summed E-state index contributed by atoms with van der Waals surface area (Å²) in [6.07, 6.45) is 0. The summed E-state index contributed by atoms with van der Waals surface area (Å²) in [7, 11) is -9.54. The number of phenols is 1. The number of phenolic OH excluding ortho intramolecular Hbond substituents is 1. The summed E-state index contributed by atoms with van der Waals surface area (Å²) in [5.74, 6) is -1.46. The van der Waals surface area contributed by atoms with E-state index in [4.69, 9.17) is 11.6 Å². The maximum atomic E-state index is 13.2. The number of nitrogens with one attached hydrogen (secondary N) is 1. The van der Waals surface area contributed by atoms with Gasteiger partial charge in [-0.3, -0.25) is 4.79 Å². The number of benzene rings is 2. The van der Waals surface area contributed by atoms with E-state index in [9.17, 15) is 39.9 Å². The smallest absolute Gasteiger partial charge is 0.501 e. The molecule has 0 bridgehead atoms. The number of halogens is 4. The number of carbonyl (C=O) groups is 1. The Kier molecular flexibility index (Phi) is 7.68. The molecule has 2 aromatic carbocycles. The molecule has 0 heterocycles. The number of rotatable bonds is 5. The van der Waals surface area contributed by atoms with Crippen molar-refractivity contribution in [2.75, 3.05) is 5.32 Å². The van der Waals surface area contributed by atoms with E-state index in [1.165, 1.54) is 26.8 Å². The molecule has 2 aromatic rings. The Bertz CT molecular complexity index is 1390. The van der Waals surface area contributed by atoms with Crippen LogP contribution in [0, 0.1) is 6.92 Å². The van der Waals surface area contributed by atoms with Crippen LogP contribution in [0.2, 0.25) is 5.02 Å². The molecule has 0 atom stereocenters. The highest BCUT2D eigenvalue weighted by molar-refractivity contribution is 7.92. The van der Waals surface area contributed by atoms with Crippen molar-refractivity contribution in [2.24, 2.45) is 0 Å². The first-order valence-electron chi connectivity index (χ1n) is 10.2. The van der Waals surface area contributed by atoms with Crippen molar-refractivity contribution >= 4 is 42.9 Å². The first-order valence-corrected chi connectivity index (χ1v) is 13.6. The second-order valence-electron chi connectivity index (χ2n) is 9.16. The number of anilines is 1. The molecule has 0 radical (unpaired) electrons. The molecule has 0 aromatic heterocycles. The lowest BCUT2D eigenvalue weighted by Gasteiger charge is -2.25. The molecule has 194 valence electrons. The highest BCUT2D eigenvalue weighted by Gasteiger charge is 2.47. The number of alkyl halides is 3. The van der Waals surface area contributed by atoms with Crippen molar-refractivity contribution in [2.45, 2.75) is 67.5 Å². The lowest BCUT2D eigenvalue weighted by Crippen LogP contribution is -2.24. The number of hydrogen-bond acceptors (Lipinski definition) is 6. The molecule has 0 aliphatic rings. The van der Waals surface area contributed by atoms with Gasteiger partial charge in [0.1, 0.15) is 5.75 Å². The van der Waals surface area contributed by atoms with Crippen LogP contribution in [0.1, 0.15) is 56.1 Å². The molecule has 0 unspecified atom stereocenters. The van der Waals surface area contributed by atoms with Gasteiger partial charge in [-0.15, -0.1) is 0 Å². The first-order chi connectivity index (χ1) is 15.6. The van der Waals surface area contributed by atoms with Gasteiger partial charge in [0.15, 0.2) is 9.84 Å². The van der Waals surface area contributed by atoms with Gasteiger partial charge >= 0.3 is 5.51 Å². The number of sulfone groups is 2. The predicted octanol–water partition coefficient (Wildman–Crippen LogP) is 5.38. The van der Waals surface area contributed by atoms with Crippen LogP contribution in [0.5, 0.6) is 5.75 Å². The van der Waals surface area contributed by atoms with Gasteiger partial charge in [0.25, 0.3) is 15.7 Å². The molecule has 1 amide bonds. The van der Waals surface area contributed by atoms with Gasteiger partial charge in [0, 0.05) is 5.56 Å². The van der Waals surface area contributed by atoms with Crippen LogP contribution in [0.25, 0.3) is 0 Å². The van der Waals surface area contributed by atoms with E-state index in [2.05, 4.69) is 5.32 Å². The third kappa shape index (κ3) is 5.44. The van der Waals surface area contributed by atoms with E-state index in [1.54, 1.807) is 20.8 Å². The van der Waals surface area contributed by atoms with Gasteiger partial charge in [0.2, 0.25) is 0 Å². The summed E-state index contributed by atoms with van der Waals surface area (Å²) in [5, 5.41) is 11.9. The topological polar surface area (TPSA) is 118 Å². The predicted molar refractivity (Wildman–Crippen MR) is 127 cm³/mol. The number of aromatic hydroxyl groups is 1. The average molecular weight is 556 g/mol. The molecule has 0 saturated heterocycles. The molecule has 2 N–H and O–H groups in total. The summed E-state index contributed by atoms with van der Waals surface area (Å²) in [6.45, 7) is 9.41. The second-order valence-corrected chi connectivity index (χ2v) is 14.0. The van der Waals surface area contributed by atoms with Crippen LogP contribution in [-0.4, -0.2) is 38.6 Å². The lowest BCUT2D eigenvalue weighted by molar-refractivity contribution is -0.0436. The molecule has 0 aliphatic carbocycles. The van der Waals surface area contributed by atoms with Crippen LogP contribution >= 0.6 is 11.6 Å². The lowest BCUT2D eigenvalue weighted by atomic mass is 9.84. The van der Waals surface area contributed by atoms with Crippen LogP contribution in [0.4, 0.5) is 18.9 Å². The molecule has 13 heteroatoms. The monoisotopic (exact) mass is 555 g/mol. The van der Waals surface area contributed by atoms with Crippen molar-refractivity contribution < 1.29 is 39.9 Å². The van der Waals surface area contributed by atoms with Gasteiger partial charge in [-0.1, -0.05) is 32.4 Å². The average Bonchev–Trinajstić information content (AvgIpc) is 2.67. The number of amides is 1. The van der Waals surface area contributed by atoms with Gasteiger partial charge in [-0.2, -0.15) is 13.2 Å². The maximum absolute atomic E-state index is 13.2. The van der Waals surface area contributed by atoms with Crippen LogP contribution < -0.4 is 5.32 Å². The summed E-state index contributed by atoms with van der Waals surface area (Å²) in [4.78, 5) is 11.9. The molecule has 7 nitrogen and oxygen atoms in total. The molecular formula is C22H25ClF3NO6S2. The van der Waals surface area contributed by atoms with E-state index in [0.717, 1.165) is 6.07 Å². The zero-order chi connectivity index (χ0) is 27.3. The molecule has 2 rings (SSSR count). The molecule has 35 heavy (non-hydrogen) atoms. The quantitative estimate of drug-likeness (QED) is 0.511. The van der Waals surface area contributed by atoms with E-state index in [-0.39, 0.29) is 27.3 Å². The Morgan fingerprint density at radius 2 is 1.60 bits per heavy atom. The SMILES string of the molecule is Cc1c(S(=O)(=O)C(C)C)cc(C(C)(C)C)c(O)c1C(=O)Nc1ccc(S(=O)(=O)C(F)(F)F)cc1Cl. The molecule has 0 saturated carbocycles. The zero-order valence-electron chi connectivity index (χ0n) is 19.7. The van der Waals surface area contributed by atoms with E-state index >= 15 is 0 Å². The van der Waals surface area contributed by atoms with Crippen LogP contribution in [0.15, 0.2) is 34.1 Å². The number of carbonyl (C=O) groups excluding carboxylic acids is 1. The highest BCUT2D eigenvalue weighted by Crippen LogP contribution is 2.40. The Morgan fingerprint density at radius 1 is 1.06 bits per heavy atom. The minimum absolute atomic E-state index is 0.0332. The summed E-state index contributed by atoms with van der Waals surface area (Å²) >= 11 is 5.94. The minimum atomic E-state index is -5.67. The summed E-state index contributed by atoms with van der Waals surface area (Å²) in [5.41, 5.74) is -6.76. The maximum Gasteiger partial charge on any atom is 0.501 e. The Hall–Kier alpha value is -2.31. The van der Waals surface area contributed by atoms with Crippen molar-refractivity contribution in [1.29, 1.82) is 0 Å². The van der Waals surface area contributed by atoms with Gasteiger partial charge in [-0.05, 0) is 56.0 Å². The number of hydrogen-bond donors (Lipinski definition) is 2. The minimum Gasteiger partial charge on any atom is -0.507 e. The Morgan fingerprint density at radius 3 is 2.03 bits per heavy atom. The Labute approximate surface area is 207 Å². The van der Waals surface area contributed by atoms with Gasteiger partial charge in [0.05, 0.1) is 31.3 Å². The second kappa shape index (κ2) is 9.29. The van der Waals surface area contributed by atoms with Gasteiger partial charge in [-0.25, -0.2) is 16.8 Å². The third-order valence-corrected chi connectivity index (χ3v) is 9.35. The molecule has 0 fully saturated rings. The van der Waals surface area contributed by atoms with E-state index in [1.807, 2.05) is 0 Å². The largest absolute Gasteiger partial charge is 0.507 e. The van der Waals surface area contributed by atoms with Crippen molar-refractivity contribution in [3.63, 3.8) is 0 Å². The fourth-order valence-corrected chi connectivity index (χ4v) is 5.62. The Balaban J connectivity index is 2.67. The van der Waals surface area contributed by atoms with E-state index < -0.39 is 57.4 Å². The first kappa shape index (κ1) is 28.9. The molecule has 0 aliphatic heterocycles. The van der Waals surface area contributed by atoms with Crippen molar-refractivity contribution in [3.8, 4) is 5.75 Å². The fourth-order valence-electron chi connectivity index (χ4n) is 3.22. The van der Waals surface area contributed by atoms with Crippen LogP contribution in [0.3, 0.4) is 0 Å².